The van der Waals surface area contributed by atoms with Crippen LogP contribution in [0.15, 0.2) is 76.5 Å². The molecule has 2 aromatic rings. The van der Waals surface area contributed by atoms with E-state index in [9.17, 15) is 23.7 Å². The minimum atomic E-state index is -2.87. The van der Waals surface area contributed by atoms with Gasteiger partial charge in [-0.25, -0.2) is 4.39 Å². The molecule has 1 aliphatic rings. The third kappa shape index (κ3) is 8.38. The molecule has 0 spiro atoms. The molecule has 10 heteroatoms. The molecule has 0 radical (unpaired) electrons. The molecule has 0 saturated carbocycles. The van der Waals surface area contributed by atoms with Crippen LogP contribution in [0.3, 0.4) is 0 Å². The molecule has 0 N–H and O–H groups in total. The fourth-order valence-electron chi connectivity index (χ4n) is 3.89. The predicted molar refractivity (Wildman–Crippen MR) is 145 cm³/mol. The van der Waals surface area contributed by atoms with Crippen LogP contribution in [0.1, 0.15) is 31.5 Å². The van der Waals surface area contributed by atoms with E-state index in [4.69, 9.17) is 4.74 Å². The summed E-state index contributed by atoms with van der Waals surface area (Å²) >= 11 is 1.45. The first-order chi connectivity index (χ1) is 18.9. The molecule has 1 aromatic carbocycles. The molecule has 0 amide bonds. The van der Waals surface area contributed by atoms with Crippen LogP contribution in [0.4, 0.5) is 13.2 Å². The van der Waals surface area contributed by atoms with E-state index in [1.165, 1.54) is 11.8 Å². The SMILES string of the molecule is CC/C=C(SCc1ccccn1)/C(C#N)=C(\C(C#N)=C(/C)N1CC(F)C1)c1ccc(OCCOC(F)F)cc1. The van der Waals surface area contributed by atoms with Crippen LogP contribution in [-0.4, -0.2) is 49.0 Å². The maximum absolute atomic E-state index is 13.7. The number of rotatable bonds is 13. The van der Waals surface area contributed by atoms with Gasteiger partial charge in [0.05, 0.1) is 36.5 Å². The summed E-state index contributed by atoms with van der Waals surface area (Å²) in [6.45, 7) is 0.890. The van der Waals surface area contributed by atoms with Crippen molar-refractivity contribution in [1.29, 1.82) is 10.5 Å². The normalized spacial score (nSPS) is 15.2. The molecule has 0 aliphatic carbocycles. The number of aromatic nitrogens is 1. The molecule has 0 atom stereocenters. The van der Waals surface area contributed by atoms with Crippen LogP contribution < -0.4 is 4.74 Å². The molecule has 204 valence electrons. The fraction of sp³-hybridized carbons (Fsp3) is 0.345. The first-order valence-electron chi connectivity index (χ1n) is 12.4. The number of ether oxygens (including phenoxy) is 2. The number of alkyl halides is 3. The number of nitriles is 2. The molecule has 0 bridgehead atoms. The van der Waals surface area contributed by atoms with Crippen LogP contribution in [0.2, 0.25) is 0 Å². The summed E-state index contributed by atoms with van der Waals surface area (Å²) in [5.41, 5.74) is 3.06. The van der Waals surface area contributed by atoms with Gasteiger partial charge in [0.1, 0.15) is 30.7 Å². The maximum Gasteiger partial charge on any atom is 0.345 e. The van der Waals surface area contributed by atoms with Crippen molar-refractivity contribution in [3.05, 3.63) is 87.7 Å². The van der Waals surface area contributed by atoms with Gasteiger partial charge in [0, 0.05) is 28.1 Å². The van der Waals surface area contributed by atoms with E-state index in [0.29, 0.717) is 45.2 Å². The fourth-order valence-corrected chi connectivity index (χ4v) is 4.94. The van der Waals surface area contributed by atoms with Gasteiger partial charge in [-0.15, -0.1) is 11.8 Å². The maximum atomic E-state index is 13.7. The molecule has 2 heterocycles. The van der Waals surface area contributed by atoms with Crippen LogP contribution in [-0.2, 0) is 10.5 Å². The molecule has 39 heavy (non-hydrogen) atoms. The van der Waals surface area contributed by atoms with Crippen LogP contribution >= 0.6 is 11.8 Å². The number of benzene rings is 1. The topological polar surface area (TPSA) is 82.2 Å². The Morgan fingerprint density at radius 2 is 1.85 bits per heavy atom. The van der Waals surface area contributed by atoms with Crippen molar-refractivity contribution in [1.82, 2.24) is 9.88 Å². The van der Waals surface area contributed by atoms with Crippen molar-refractivity contribution in [3.63, 3.8) is 0 Å². The number of hydrogen-bond donors (Lipinski definition) is 0. The van der Waals surface area contributed by atoms with Crippen LogP contribution in [0, 0.1) is 22.7 Å². The Morgan fingerprint density at radius 3 is 2.41 bits per heavy atom. The highest BCUT2D eigenvalue weighted by atomic mass is 32.2. The van der Waals surface area contributed by atoms with Gasteiger partial charge in [0.15, 0.2) is 0 Å². The summed E-state index contributed by atoms with van der Waals surface area (Å²) in [5.74, 6) is 0.948. The van der Waals surface area contributed by atoms with Gasteiger partial charge in [-0.2, -0.15) is 19.3 Å². The van der Waals surface area contributed by atoms with Crippen molar-refractivity contribution in [3.8, 4) is 17.9 Å². The van der Waals surface area contributed by atoms with Crippen molar-refractivity contribution in [2.24, 2.45) is 0 Å². The van der Waals surface area contributed by atoms with Crippen molar-refractivity contribution in [2.75, 3.05) is 26.3 Å². The molecular formula is C29H29F3N4O2S. The van der Waals surface area contributed by atoms with E-state index in [1.807, 2.05) is 31.2 Å². The Morgan fingerprint density at radius 1 is 1.13 bits per heavy atom. The third-order valence-electron chi connectivity index (χ3n) is 5.87. The molecular weight excluding hydrogens is 525 g/mol. The minimum absolute atomic E-state index is 0.0643. The van der Waals surface area contributed by atoms with Gasteiger partial charge in [-0.1, -0.05) is 31.2 Å². The summed E-state index contributed by atoms with van der Waals surface area (Å²) in [7, 11) is 0. The largest absolute Gasteiger partial charge is 0.491 e. The Kier molecular flexibility index (Phi) is 11.5. The van der Waals surface area contributed by atoms with Gasteiger partial charge < -0.3 is 14.4 Å². The van der Waals surface area contributed by atoms with Gasteiger partial charge in [0.25, 0.3) is 0 Å². The molecule has 1 aromatic heterocycles. The number of pyridine rings is 1. The number of hydrogen-bond acceptors (Lipinski definition) is 7. The number of thioether (sulfide) groups is 1. The third-order valence-corrected chi connectivity index (χ3v) is 7.00. The highest BCUT2D eigenvalue weighted by molar-refractivity contribution is 8.02. The van der Waals surface area contributed by atoms with Crippen LogP contribution in [0.5, 0.6) is 5.75 Å². The van der Waals surface area contributed by atoms with E-state index in [2.05, 4.69) is 21.9 Å². The number of nitrogens with zero attached hydrogens (tertiary/aromatic N) is 4. The molecule has 1 saturated heterocycles. The Bertz CT molecular complexity index is 1280. The van der Waals surface area contributed by atoms with Gasteiger partial charge >= 0.3 is 6.61 Å². The van der Waals surface area contributed by atoms with E-state index in [0.717, 1.165) is 5.69 Å². The molecule has 3 rings (SSSR count). The monoisotopic (exact) mass is 554 g/mol. The van der Waals surface area contributed by atoms with Crippen molar-refractivity contribution in [2.45, 2.75) is 38.8 Å². The second kappa shape index (κ2) is 15.0. The second-order valence-electron chi connectivity index (χ2n) is 8.53. The van der Waals surface area contributed by atoms with Gasteiger partial charge in [-0.3, -0.25) is 4.98 Å². The highest BCUT2D eigenvalue weighted by Gasteiger charge is 2.30. The zero-order valence-corrected chi connectivity index (χ0v) is 22.6. The second-order valence-corrected chi connectivity index (χ2v) is 9.54. The van der Waals surface area contributed by atoms with E-state index < -0.39 is 12.8 Å². The Hall–Kier alpha value is -3.73. The summed E-state index contributed by atoms with van der Waals surface area (Å²) in [6, 6.07) is 16.9. The summed E-state index contributed by atoms with van der Waals surface area (Å²) in [4.78, 5) is 6.85. The number of likely N-dealkylation sites (tertiary alicyclic amines) is 1. The summed E-state index contributed by atoms with van der Waals surface area (Å²) < 4.78 is 47.7. The summed E-state index contributed by atoms with van der Waals surface area (Å²) in [6.07, 6.45) is 3.35. The average molecular weight is 555 g/mol. The summed E-state index contributed by atoms with van der Waals surface area (Å²) in [5, 5.41) is 20.7. The standard InChI is InChI=1S/C29H29F3N4O2S/c1-3-6-27(39-19-23-7-4-5-12-35-23)26(16-34)28(25(15-33)20(2)36-17-22(30)18-36)21-8-10-24(11-9-21)37-13-14-38-29(31)32/h4-12,22,29H,3,13-14,17-19H2,1-2H3/b25-20+,27-6-,28-26-. The smallest absolute Gasteiger partial charge is 0.345 e. The molecule has 0 unspecified atom stereocenters. The van der Waals surface area contributed by atoms with E-state index in [-0.39, 0.29) is 31.9 Å². The predicted octanol–water partition coefficient (Wildman–Crippen LogP) is 6.66. The Balaban J connectivity index is 2.04. The van der Waals surface area contributed by atoms with Gasteiger partial charge in [0.2, 0.25) is 0 Å². The molecule has 6 nitrogen and oxygen atoms in total. The zero-order valence-electron chi connectivity index (χ0n) is 21.7. The van der Waals surface area contributed by atoms with Crippen LogP contribution in [0.25, 0.3) is 5.57 Å². The first-order valence-corrected chi connectivity index (χ1v) is 13.4. The zero-order chi connectivity index (χ0) is 28.2. The molecule has 1 fully saturated rings. The lowest BCUT2D eigenvalue weighted by atomic mass is 9.91. The average Bonchev–Trinajstić information content (AvgIpc) is 2.92. The lowest BCUT2D eigenvalue weighted by Gasteiger charge is -2.37. The van der Waals surface area contributed by atoms with Crippen molar-refractivity contribution >= 4 is 17.3 Å². The first kappa shape index (κ1) is 29.8. The number of allylic oxidation sites excluding steroid dienone is 5. The lowest BCUT2D eigenvalue weighted by molar-refractivity contribution is -0.133. The van der Waals surface area contributed by atoms with Crippen molar-refractivity contribution < 1.29 is 22.6 Å². The highest BCUT2D eigenvalue weighted by Crippen LogP contribution is 2.38. The number of halogens is 3. The van der Waals surface area contributed by atoms with E-state index >= 15 is 0 Å². The van der Waals surface area contributed by atoms with E-state index in [1.54, 1.807) is 42.3 Å². The Labute approximate surface area is 231 Å². The van der Waals surface area contributed by atoms with Gasteiger partial charge in [-0.05, 0) is 43.2 Å². The lowest BCUT2D eigenvalue weighted by Crippen LogP contribution is -2.47. The minimum Gasteiger partial charge on any atom is -0.491 e. The molecule has 1 aliphatic heterocycles. The quantitative estimate of drug-likeness (QED) is 0.156.